The van der Waals surface area contributed by atoms with Crippen LogP contribution in [-0.4, -0.2) is 17.0 Å². The van der Waals surface area contributed by atoms with E-state index in [1.54, 1.807) is 25.5 Å². The van der Waals surface area contributed by atoms with Crippen molar-refractivity contribution in [1.82, 2.24) is 9.97 Å². The van der Waals surface area contributed by atoms with Gasteiger partial charge in [0, 0.05) is 7.05 Å². The molecule has 0 aromatic carbocycles. The van der Waals surface area contributed by atoms with Gasteiger partial charge in [-0.1, -0.05) is 0 Å². The highest BCUT2D eigenvalue weighted by Crippen LogP contribution is 2.26. The number of hydrogen-bond donors (Lipinski definition) is 1. The standard InChI is InChI=1S/C10H8N4S/c1-12-10-6-13-5-8(14-10)9-3-2-7(4-11)15-9/h2-3,5-6H,1H3,(H,12,14). The molecular formula is C10H8N4S. The molecule has 0 atom stereocenters. The van der Waals surface area contributed by atoms with Crippen molar-refractivity contribution in [3.63, 3.8) is 0 Å². The van der Waals surface area contributed by atoms with E-state index in [1.165, 1.54) is 11.3 Å². The van der Waals surface area contributed by atoms with Gasteiger partial charge in [0.05, 0.1) is 17.3 Å². The van der Waals surface area contributed by atoms with E-state index in [1.807, 2.05) is 6.07 Å². The van der Waals surface area contributed by atoms with E-state index in [0.29, 0.717) is 4.88 Å². The maximum absolute atomic E-state index is 8.71. The molecule has 2 aromatic rings. The van der Waals surface area contributed by atoms with Crippen molar-refractivity contribution in [1.29, 1.82) is 5.26 Å². The number of nitrogens with one attached hydrogen (secondary N) is 1. The van der Waals surface area contributed by atoms with Crippen LogP contribution in [0.3, 0.4) is 0 Å². The summed E-state index contributed by atoms with van der Waals surface area (Å²) in [6.45, 7) is 0. The van der Waals surface area contributed by atoms with Crippen LogP contribution < -0.4 is 5.32 Å². The molecule has 0 radical (unpaired) electrons. The third-order valence-electron chi connectivity index (χ3n) is 1.86. The molecule has 0 aliphatic rings. The van der Waals surface area contributed by atoms with Gasteiger partial charge in [0.15, 0.2) is 0 Å². The summed E-state index contributed by atoms with van der Waals surface area (Å²) in [6, 6.07) is 5.77. The summed E-state index contributed by atoms with van der Waals surface area (Å²) in [5, 5.41) is 11.6. The molecule has 0 saturated carbocycles. The quantitative estimate of drug-likeness (QED) is 0.835. The lowest BCUT2D eigenvalue weighted by atomic mass is 10.3. The number of nitriles is 1. The van der Waals surface area contributed by atoms with Crippen LogP contribution in [0.2, 0.25) is 0 Å². The highest BCUT2D eigenvalue weighted by atomic mass is 32.1. The van der Waals surface area contributed by atoms with Crippen molar-refractivity contribution in [2.24, 2.45) is 0 Å². The third kappa shape index (κ3) is 1.95. The average Bonchev–Trinajstić information content (AvgIpc) is 2.78. The zero-order valence-corrected chi connectivity index (χ0v) is 8.88. The number of nitrogens with zero attached hydrogens (tertiary/aromatic N) is 3. The van der Waals surface area contributed by atoms with E-state index in [9.17, 15) is 0 Å². The fourth-order valence-corrected chi connectivity index (χ4v) is 1.90. The molecule has 2 heterocycles. The highest BCUT2D eigenvalue weighted by molar-refractivity contribution is 7.15. The Balaban J connectivity index is 2.41. The zero-order valence-electron chi connectivity index (χ0n) is 8.06. The normalized spacial score (nSPS) is 9.60. The maximum atomic E-state index is 8.71. The lowest BCUT2D eigenvalue weighted by Crippen LogP contribution is -1.93. The van der Waals surface area contributed by atoms with E-state index in [4.69, 9.17) is 5.26 Å². The van der Waals surface area contributed by atoms with E-state index >= 15 is 0 Å². The number of hydrogen-bond acceptors (Lipinski definition) is 5. The second-order valence-electron chi connectivity index (χ2n) is 2.82. The highest BCUT2D eigenvalue weighted by Gasteiger charge is 2.04. The van der Waals surface area contributed by atoms with Crippen LogP contribution in [0.1, 0.15) is 4.88 Å². The Kier molecular flexibility index (Phi) is 2.61. The monoisotopic (exact) mass is 216 g/mol. The van der Waals surface area contributed by atoms with Crippen molar-refractivity contribution < 1.29 is 0 Å². The summed E-state index contributed by atoms with van der Waals surface area (Å²) in [5.41, 5.74) is 0.786. The van der Waals surface area contributed by atoms with Crippen LogP contribution in [0, 0.1) is 11.3 Å². The van der Waals surface area contributed by atoms with Gasteiger partial charge >= 0.3 is 0 Å². The topological polar surface area (TPSA) is 61.6 Å². The molecule has 2 rings (SSSR count). The first-order chi connectivity index (χ1) is 7.33. The van der Waals surface area contributed by atoms with E-state index in [0.717, 1.165) is 16.4 Å². The van der Waals surface area contributed by atoms with Crippen LogP contribution in [-0.2, 0) is 0 Å². The van der Waals surface area contributed by atoms with E-state index in [-0.39, 0.29) is 0 Å². The molecule has 0 aliphatic carbocycles. The number of aromatic nitrogens is 2. The van der Waals surface area contributed by atoms with Crippen molar-refractivity contribution >= 4 is 17.2 Å². The predicted molar refractivity (Wildman–Crippen MR) is 59.6 cm³/mol. The lowest BCUT2D eigenvalue weighted by molar-refractivity contribution is 1.20. The molecule has 1 N–H and O–H groups in total. The second kappa shape index (κ2) is 4.07. The smallest absolute Gasteiger partial charge is 0.145 e. The Morgan fingerprint density at radius 1 is 1.40 bits per heavy atom. The van der Waals surface area contributed by atoms with Gasteiger partial charge in [0.2, 0.25) is 0 Å². The van der Waals surface area contributed by atoms with Crippen molar-refractivity contribution in [3.05, 3.63) is 29.4 Å². The first kappa shape index (κ1) is 9.62. The van der Waals surface area contributed by atoms with Crippen LogP contribution >= 0.6 is 11.3 Å². The fourth-order valence-electron chi connectivity index (χ4n) is 1.14. The fraction of sp³-hybridized carbons (Fsp3) is 0.100. The largest absolute Gasteiger partial charge is 0.372 e. The zero-order chi connectivity index (χ0) is 10.7. The van der Waals surface area contributed by atoms with Gasteiger partial charge in [-0.25, -0.2) is 4.98 Å². The number of anilines is 1. The Labute approximate surface area is 91.2 Å². The Bertz CT molecular complexity index is 512. The Morgan fingerprint density at radius 2 is 2.27 bits per heavy atom. The van der Waals surface area contributed by atoms with Crippen LogP contribution in [0.5, 0.6) is 0 Å². The summed E-state index contributed by atoms with van der Waals surface area (Å²) in [4.78, 5) is 10.0. The Morgan fingerprint density at radius 3 is 2.93 bits per heavy atom. The predicted octanol–water partition coefficient (Wildman–Crippen LogP) is 2.12. The molecule has 0 fully saturated rings. The van der Waals surface area contributed by atoms with Crippen LogP contribution in [0.25, 0.3) is 10.6 Å². The van der Waals surface area contributed by atoms with Gasteiger partial charge in [-0.05, 0) is 12.1 Å². The second-order valence-corrected chi connectivity index (χ2v) is 3.90. The van der Waals surface area contributed by atoms with Crippen molar-refractivity contribution in [3.8, 4) is 16.6 Å². The van der Waals surface area contributed by atoms with Gasteiger partial charge in [-0.3, -0.25) is 4.98 Å². The SMILES string of the molecule is CNc1cncc(-c2ccc(C#N)s2)n1. The number of rotatable bonds is 2. The third-order valence-corrected chi connectivity index (χ3v) is 2.87. The van der Waals surface area contributed by atoms with E-state index < -0.39 is 0 Å². The number of thiophene rings is 1. The summed E-state index contributed by atoms with van der Waals surface area (Å²) >= 11 is 1.41. The van der Waals surface area contributed by atoms with E-state index in [2.05, 4.69) is 21.4 Å². The molecule has 0 aliphatic heterocycles. The maximum Gasteiger partial charge on any atom is 0.145 e. The average molecular weight is 216 g/mol. The molecule has 5 heteroatoms. The molecule has 15 heavy (non-hydrogen) atoms. The van der Waals surface area contributed by atoms with Gasteiger partial charge in [-0.15, -0.1) is 11.3 Å². The summed E-state index contributed by atoms with van der Waals surface area (Å²) in [5.74, 6) is 0.722. The molecule has 0 spiro atoms. The summed E-state index contributed by atoms with van der Waals surface area (Å²) in [7, 11) is 1.79. The molecule has 0 amide bonds. The van der Waals surface area contributed by atoms with Crippen molar-refractivity contribution in [2.45, 2.75) is 0 Å². The van der Waals surface area contributed by atoms with Gasteiger partial charge in [0.25, 0.3) is 0 Å². The molecule has 0 saturated heterocycles. The first-order valence-corrected chi connectivity index (χ1v) is 5.15. The van der Waals surface area contributed by atoms with Crippen LogP contribution in [0.4, 0.5) is 5.82 Å². The first-order valence-electron chi connectivity index (χ1n) is 4.33. The lowest BCUT2D eigenvalue weighted by Gasteiger charge is -1.99. The minimum atomic E-state index is 0.682. The molecule has 0 unspecified atom stereocenters. The summed E-state index contributed by atoms with van der Waals surface area (Å²) < 4.78 is 0. The van der Waals surface area contributed by atoms with Gasteiger partial charge < -0.3 is 5.32 Å². The molecule has 0 bridgehead atoms. The molecule has 74 valence electrons. The van der Waals surface area contributed by atoms with Crippen LogP contribution in [0.15, 0.2) is 24.5 Å². The summed E-state index contributed by atoms with van der Waals surface area (Å²) in [6.07, 6.45) is 3.34. The minimum absolute atomic E-state index is 0.682. The Hall–Kier alpha value is -1.93. The van der Waals surface area contributed by atoms with Gasteiger partial charge in [-0.2, -0.15) is 5.26 Å². The van der Waals surface area contributed by atoms with Gasteiger partial charge in [0.1, 0.15) is 22.5 Å². The molecule has 4 nitrogen and oxygen atoms in total. The molecule has 2 aromatic heterocycles. The molecular weight excluding hydrogens is 208 g/mol. The van der Waals surface area contributed by atoms with Crippen molar-refractivity contribution in [2.75, 3.05) is 12.4 Å². The minimum Gasteiger partial charge on any atom is -0.372 e.